The predicted molar refractivity (Wildman–Crippen MR) is 95.4 cm³/mol. The molecule has 0 radical (unpaired) electrons. The SMILES string of the molecule is COC1=CC(=O)CC2/C=C\c3ccc4c(c3CN/C=C(/O)C12)OC(C)O4. The van der Waals surface area contributed by atoms with Crippen LogP contribution in [0.3, 0.4) is 0 Å². The van der Waals surface area contributed by atoms with Crippen molar-refractivity contribution in [2.24, 2.45) is 11.8 Å². The maximum Gasteiger partial charge on any atom is 0.238 e. The number of aliphatic hydroxyl groups is 1. The van der Waals surface area contributed by atoms with Crippen LogP contribution in [-0.2, 0) is 16.1 Å². The molecule has 1 aromatic carbocycles. The first kappa shape index (κ1) is 16.6. The largest absolute Gasteiger partial charge is 0.510 e. The maximum atomic E-state index is 12.0. The zero-order chi connectivity index (χ0) is 18.3. The summed E-state index contributed by atoms with van der Waals surface area (Å²) in [5.41, 5.74) is 1.94. The average molecular weight is 355 g/mol. The van der Waals surface area contributed by atoms with Gasteiger partial charge in [-0.15, -0.1) is 0 Å². The lowest BCUT2D eigenvalue weighted by Crippen LogP contribution is -2.27. The van der Waals surface area contributed by atoms with Gasteiger partial charge in [0.25, 0.3) is 0 Å². The van der Waals surface area contributed by atoms with Crippen molar-refractivity contribution in [2.75, 3.05) is 7.11 Å². The number of rotatable bonds is 1. The zero-order valence-electron chi connectivity index (χ0n) is 14.7. The van der Waals surface area contributed by atoms with E-state index < -0.39 is 0 Å². The van der Waals surface area contributed by atoms with Gasteiger partial charge in [0.05, 0.1) is 13.0 Å². The summed E-state index contributed by atoms with van der Waals surface area (Å²) in [7, 11) is 1.52. The average Bonchev–Trinajstić information content (AvgIpc) is 3.00. The molecule has 3 atom stereocenters. The minimum Gasteiger partial charge on any atom is -0.510 e. The first-order chi connectivity index (χ1) is 12.6. The quantitative estimate of drug-likeness (QED) is 0.806. The number of nitrogens with one attached hydrogen (secondary N) is 1. The van der Waals surface area contributed by atoms with Crippen molar-refractivity contribution in [3.63, 3.8) is 0 Å². The van der Waals surface area contributed by atoms with Gasteiger partial charge in [-0.3, -0.25) is 4.79 Å². The molecule has 4 rings (SSSR count). The Labute approximate surface area is 151 Å². The van der Waals surface area contributed by atoms with Crippen LogP contribution in [-0.4, -0.2) is 24.3 Å². The third-order valence-corrected chi connectivity index (χ3v) is 4.92. The summed E-state index contributed by atoms with van der Waals surface area (Å²) in [6.45, 7) is 2.32. The fourth-order valence-electron chi connectivity index (χ4n) is 3.72. The Kier molecular flexibility index (Phi) is 4.11. The molecule has 0 fully saturated rings. The van der Waals surface area contributed by atoms with Crippen molar-refractivity contribution in [1.82, 2.24) is 5.32 Å². The molecule has 0 spiro atoms. The Morgan fingerprint density at radius 2 is 2.15 bits per heavy atom. The topological polar surface area (TPSA) is 77.0 Å². The molecule has 0 amide bonds. The first-order valence-electron chi connectivity index (χ1n) is 8.65. The van der Waals surface area contributed by atoms with E-state index in [4.69, 9.17) is 14.2 Å². The summed E-state index contributed by atoms with van der Waals surface area (Å²) in [5, 5.41) is 13.7. The molecule has 26 heavy (non-hydrogen) atoms. The third-order valence-electron chi connectivity index (χ3n) is 4.92. The molecule has 1 aliphatic carbocycles. The molecule has 2 heterocycles. The summed E-state index contributed by atoms with van der Waals surface area (Å²) >= 11 is 0. The number of ether oxygens (including phenoxy) is 3. The minimum atomic E-state index is -0.378. The molecule has 0 saturated carbocycles. The van der Waals surface area contributed by atoms with E-state index in [1.54, 1.807) is 6.20 Å². The van der Waals surface area contributed by atoms with Gasteiger partial charge in [0.15, 0.2) is 17.3 Å². The van der Waals surface area contributed by atoms with Crippen LogP contribution < -0.4 is 14.8 Å². The highest BCUT2D eigenvalue weighted by atomic mass is 16.7. The number of carbonyl (C=O) groups excluding carboxylic acids is 1. The van der Waals surface area contributed by atoms with Crippen molar-refractivity contribution in [3.8, 4) is 11.5 Å². The maximum absolute atomic E-state index is 12.0. The molecular formula is C20H21NO5. The van der Waals surface area contributed by atoms with Crippen molar-refractivity contribution in [1.29, 1.82) is 0 Å². The van der Waals surface area contributed by atoms with Crippen LogP contribution in [0, 0.1) is 11.8 Å². The van der Waals surface area contributed by atoms with Crippen molar-refractivity contribution in [2.45, 2.75) is 26.2 Å². The highest BCUT2D eigenvalue weighted by Gasteiger charge is 2.34. The van der Waals surface area contributed by atoms with Crippen molar-refractivity contribution in [3.05, 3.63) is 53.1 Å². The Bertz CT molecular complexity index is 839. The molecule has 1 aromatic rings. The number of fused-ring (bicyclic) bond motifs is 4. The molecule has 136 valence electrons. The smallest absolute Gasteiger partial charge is 0.238 e. The van der Waals surface area contributed by atoms with E-state index in [0.717, 1.165) is 16.9 Å². The summed E-state index contributed by atoms with van der Waals surface area (Å²) in [6, 6.07) is 3.87. The summed E-state index contributed by atoms with van der Waals surface area (Å²) in [4.78, 5) is 12.0. The molecule has 6 nitrogen and oxygen atoms in total. The van der Waals surface area contributed by atoms with Gasteiger partial charge in [-0.1, -0.05) is 18.2 Å². The lowest BCUT2D eigenvalue weighted by molar-refractivity contribution is -0.116. The molecule has 6 heteroatoms. The molecule has 0 saturated heterocycles. The highest BCUT2D eigenvalue weighted by Crippen LogP contribution is 2.41. The highest BCUT2D eigenvalue weighted by molar-refractivity contribution is 5.91. The van der Waals surface area contributed by atoms with Gasteiger partial charge in [0, 0.05) is 43.6 Å². The summed E-state index contributed by atoms with van der Waals surface area (Å²) in [5.74, 6) is 1.48. The van der Waals surface area contributed by atoms with E-state index >= 15 is 0 Å². The number of allylic oxidation sites excluding steroid dienone is 2. The Morgan fingerprint density at radius 1 is 1.31 bits per heavy atom. The summed E-state index contributed by atoms with van der Waals surface area (Å²) in [6.07, 6.45) is 6.98. The molecule has 2 N–H and O–H groups in total. The number of hydrogen-bond acceptors (Lipinski definition) is 6. The number of hydrogen-bond donors (Lipinski definition) is 2. The number of methoxy groups -OCH3 is 1. The molecule has 0 bridgehead atoms. The second-order valence-corrected chi connectivity index (χ2v) is 6.64. The second-order valence-electron chi connectivity index (χ2n) is 6.64. The van der Waals surface area contributed by atoms with Gasteiger partial charge in [0.1, 0.15) is 11.5 Å². The molecular weight excluding hydrogens is 334 g/mol. The van der Waals surface area contributed by atoms with Crippen LogP contribution in [0.5, 0.6) is 11.5 Å². The van der Waals surface area contributed by atoms with E-state index in [-0.39, 0.29) is 29.7 Å². The monoisotopic (exact) mass is 355 g/mol. The molecule has 0 aromatic heterocycles. The first-order valence-corrected chi connectivity index (χ1v) is 8.65. The van der Waals surface area contributed by atoms with Gasteiger partial charge < -0.3 is 24.6 Å². The fourth-order valence-corrected chi connectivity index (χ4v) is 3.72. The van der Waals surface area contributed by atoms with E-state index in [2.05, 4.69) is 5.32 Å². The van der Waals surface area contributed by atoms with Gasteiger partial charge in [0.2, 0.25) is 6.29 Å². The van der Waals surface area contributed by atoms with Crippen LogP contribution in [0.1, 0.15) is 24.5 Å². The van der Waals surface area contributed by atoms with Crippen LogP contribution in [0.25, 0.3) is 6.08 Å². The lowest BCUT2D eigenvalue weighted by Gasteiger charge is -2.29. The number of aliphatic hydroxyl groups excluding tert-OH is 1. The van der Waals surface area contributed by atoms with Crippen molar-refractivity contribution >= 4 is 11.9 Å². The van der Waals surface area contributed by atoms with E-state index in [1.165, 1.54) is 13.2 Å². The molecule has 3 unspecified atom stereocenters. The zero-order valence-corrected chi connectivity index (χ0v) is 14.7. The normalized spacial score (nSPS) is 30.1. The Hall–Kier alpha value is -2.89. The Morgan fingerprint density at radius 3 is 2.96 bits per heavy atom. The van der Waals surface area contributed by atoms with Crippen LogP contribution >= 0.6 is 0 Å². The fraction of sp³-hybridized carbons (Fsp3) is 0.350. The van der Waals surface area contributed by atoms with Gasteiger partial charge >= 0.3 is 0 Å². The van der Waals surface area contributed by atoms with Crippen LogP contribution in [0.4, 0.5) is 0 Å². The van der Waals surface area contributed by atoms with Crippen LogP contribution in [0.15, 0.2) is 42.0 Å². The van der Waals surface area contributed by atoms with E-state index in [9.17, 15) is 9.90 Å². The number of benzene rings is 1. The lowest BCUT2D eigenvalue weighted by atomic mass is 9.80. The second kappa shape index (κ2) is 6.44. The summed E-state index contributed by atoms with van der Waals surface area (Å²) < 4.78 is 16.8. The molecule has 2 aliphatic heterocycles. The van der Waals surface area contributed by atoms with Gasteiger partial charge in [-0.25, -0.2) is 0 Å². The Balaban J connectivity index is 1.77. The van der Waals surface area contributed by atoms with E-state index in [1.807, 2.05) is 31.2 Å². The van der Waals surface area contributed by atoms with Crippen molar-refractivity contribution < 1.29 is 24.1 Å². The number of carbonyl (C=O) groups is 1. The van der Waals surface area contributed by atoms with E-state index in [0.29, 0.717) is 24.5 Å². The third kappa shape index (κ3) is 2.81. The molecule has 3 aliphatic rings. The minimum absolute atomic E-state index is 0.00898. The predicted octanol–water partition coefficient (Wildman–Crippen LogP) is 3.06. The standard InChI is InChI=1S/C20H21NO5/c1-11-25-17-6-5-12-3-4-13-7-14(22)8-18(24-2)19(13)16(23)10-21-9-15(12)20(17)26-11/h3-6,8,10-11,13,19,21,23H,7,9H2,1-2H3/b4-3-,16-10+. The van der Waals surface area contributed by atoms with Gasteiger partial charge in [-0.05, 0) is 11.6 Å². The van der Waals surface area contributed by atoms with Gasteiger partial charge in [-0.2, -0.15) is 0 Å². The number of ketones is 1. The van der Waals surface area contributed by atoms with Crippen LogP contribution in [0.2, 0.25) is 0 Å².